The lowest BCUT2D eigenvalue weighted by Crippen LogP contribution is -2.34. The molecule has 0 aromatic heterocycles. The van der Waals surface area contributed by atoms with Crippen LogP contribution in [0.5, 0.6) is 0 Å². The van der Waals surface area contributed by atoms with Crippen LogP contribution in [0.15, 0.2) is 46.9 Å². The first-order chi connectivity index (χ1) is 9.63. The maximum absolute atomic E-state index is 13.2. The highest BCUT2D eigenvalue weighted by Crippen LogP contribution is 2.40. The van der Waals surface area contributed by atoms with Crippen LogP contribution in [0.1, 0.15) is 24.3 Å². The monoisotopic (exact) mass is 353 g/mol. The van der Waals surface area contributed by atoms with Crippen LogP contribution in [-0.4, -0.2) is 6.04 Å². The van der Waals surface area contributed by atoms with Gasteiger partial charge in [-0.15, -0.1) is 0 Å². The Bertz CT molecular complexity index is 626. The summed E-state index contributed by atoms with van der Waals surface area (Å²) in [7, 11) is 0. The Labute approximate surface area is 131 Å². The first kappa shape index (κ1) is 13.9. The average molecular weight is 355 g/mol. The number of nitrogens with one attached hydrogen (secondary N) is 1. The van der Waals surface area contributed by atoms with Gasteiger partial charge < -0.3 is 5.32 Å². The zero-order chi connectivity index (χ0) is 14.1. The number of hydrogen-bond acceptors (Lipinski definition) is 1. The number of rotatable bonds is 3. The Kier molecular flexibility index (Phi) is 3.99. The molecule has 2 aromatic rings. The lowest BCUT2D eigenvalue weighted by atomic mass is 9.76. The molecule has 0 amide bonds. The molecule has 1 N–H and O–H groups in total. The quantitative estimate of drug-likeness (QED) is 0.756. The number of benzene rings is 2. The molecule has 0 radical (unpaired) electrons. The second-order valence-electron chi connectivity index (χ2n) is 5.17. The van der Waals surface area contributed by atoms with Gasteiger partial charge in [0.05, 0.1) is 15.2 Å². The van der Waals surface area contributed by atoms with Gasteiger partial charge in [0.2, 0.25) is 0 Å². The zero-order valence-corrected chi connectivity index (χ0v) is 13.1. The van der Waals surface area contributed by atoms with E-state index in [1.165, 1.54) is 6.07 Å². The second kappa shape index (κ2) is 5.74. The van der Waals surface area contributed by atoms with Gasteiger partial charge in [-0.25, -0.2) is 4.39 Å². The molecule has 0 aliphatic heterocycles. The van der Waals surface area contributed by atoms with E-state index in [1.54, 1.807) is 12.1 Å². The third-order valence-corrected chi connectivity index (χ3v) is 5.17. The number of halogens is 3. The summed E-state index contributed by atoms with van der Waals surface area (Å²) >= 11 is 9.56. The second-order valence-corrected chi connectivity index (χ2v) is 6.37. The van der Waals surface area contributed by atoms with Crippen molar-refractivity contribution in [3.8, 4) is 0 Å². The minimum atomic E-state index is -0.156. The van der Waals surface area contributed by atoms with E-state index in [0.29, 0.717) is 17.0 Å². The lowest BCUT2D eigenvalue weighted by Gasteiger charge is -2.37. The molecule has 4 heteroatoms. The van der Waals surface area contributed by atoms with Gasteiger partial charge in [-0.05, 0) is 64.5 Å². The van der Waals surface area contributed by atoms with Crippen LogP contribution < -0.4 is 5.32 Å². The molecule has 0 heterocycles. The van der Waals surface area contributed by atoms with Gasteiger partial charge in [0.1, 0.15) is 5.82 Å². The normalized spacial score (nSPS) is 21.4. The zero-order valence-electron chi connectivity index (χ0n) is 10.7. The fourth-order valence-electron chi connectivity index (χ4n) is 2.60. The summed E-state index contributed by atoms with van der Waals surface area (Å²) in [5.41, 5.74) is 2.11. The van der Waals surface area contributed by atoms with Crippen molar-refractivity contribution in [1.82, 2.24) is 0 Å². The van der Waals surface area contributed by atoms with Gasteiger partial charge in [0.25, 0.3) is 0 Å². The number of anilines is 1. The van der Waals surface area contributed by atoms with Crippen molar-refractivity contribution in [2.75, 3.05) is 5.32 Å². The predicted octanol–water partition coefficient (Wildman–Crippen LogP) is 5.60. The van der Waals surface area contributed by atoms with Gasteiger partial charge in [-0.3, -0.25) is 0 Å². The average Bonchev–Trinajstić information content (AvgIpc) is 2.38. The molecule has 0 spiro atoms. The van der Waals surface area contributed by atoms with Crippen molar-refractivity contribution in [2.24, 2.45) is 0 Å². The Morgan fingerprint density at radius 1 is 1.15 bits per heavy atom. The molecule has 0 atom stereocenters. The molecule has 2 aromatic carbocycles. The van der Waals surface area contributed by atoms with Crippen molar-refractivity contribution in [3.63, 3.8) is 0 Å². The molecule has 1 aliphatic rings. The fourth-order valence-corrected chi connectivity index (χ4v) is 3.16. The Hall–Kier alpha value is -1.06. The molecular weight excluding hydrogens is 341 g/mol. The van der Waals surface area contributed by atoms with Crippen molar-refractivity contribution < 1.29 is 4.39 Å². The van der Waals surface area contributed by atoms with Crippen LogP contribution in [-0.2, 0) is 0 Å². The van der Waals surface area contributed by atoms with Gasteiger partial charge in [0, 0.05) is 6.04 Å². The molecule has 104 valence electrons. The van der Waals surface area contributed by atoms with E-state index in [2.05, 4.69) is 21.2 Å². The third kappa shape index (κ3) is 2.84. The largest absolute Gasteiger partial charge is 0.381 e. The Balaban J connectivity index is 1.62. The van der Waals surface area contributed by atoms with Crippen molar-refractivity contribution in [3.05, 3.63) is 63.3 Å². The van der Waals surface area contributed by atoms with Crippen molar-refractivity contribution >= 4 is 33.2 Å². The Morgan fingerprint density at radius 2 is 1.90 bits per heavy atom. The first-order valence-electron chi connectivity index (χ1n) is 6.59. The maximum Gasteiger partial charge on any atom is 0.123 e. The van der Waals surface area contributed by atoms with Crippen LogP contribution in [0, 0.1) is 5.82 Å². The van der Waals surface area contributed by atoms with Crippen LogP contribution >= 0.6 is 27.5 Å². The molecule has 0 saturated heterocycles. The van der Waals surface area contributed by atoms with Gasteiger partial charge in [-0.2, -0.15) is 0 Å². The van der Waals surface area contributed by atoms with Crippen molar-refractivity contribution in [2.45, 2.75) is 24.8 Å². The molecule has 1 aliphatic carbocycles. The molecule has 3 rings (SSSR count). The van der Waals surface area contributed by atoms with Crippen LogP contribution in [0.2, 0.25) is 5.02 Å². The van der Waals surface area contributed by atoms with Crippen LogP contribution in [0.4, 0.5) is 10.1 Å². The summed E-state index contributed by atoms with van der Waals surface area (Å²) in [6.07, 6.45) is 2.03. The summed E-state index contributed by atoms with van der Waals surface area (Å²) in [5, 5.41) is 4.18. The summed E-state index contributed by atoms with van der Waals surface area (Å²) < 4.78 is 14.1. The van der Waals surface area contributed by atoms with E-state index in [1.807, 2.05) is 24.3 Å². The SMILES string of the molecule is Fc1cccc(C2CC(Nc3cccc(Cl)c3Br)C2)c1. The topological polar surface area (TPSA) is 12.0 Å². The molecule has 0 unspecified atom stereocenters. The van der Waals surface area contributed by atoms with E-state index in [4.69, 9.17) is 11.6 Å². The van der Waals surface area contributed by atoms with E-state index in [0.717, 1.165) is 28.6 Å². The summed E-state index contributed by atoms with van der Waals surface area (Å²) in [6, 6.07) is 13.1. The Morgan fingerprint density at radius 3 is 2.65 bits per heavy atom. The van der Waals surface area contributed by atoms with Gasteiger partial charge >= 0.3 is 0 Å². The smallest absolute Gasteiger partial charge is 0.123 e. The highest BCUT2D eigenvalue weighted by molar-refractivity contribution is 9.10. The van der Waals surface area contributed by atoms with Gasteiger partial charge in [0.15, 0.2) is 0 Å². The van der Waals surface area contributed by atoms with Crippen LogP contribution in [0.25, 0.3) is 0 Å². The van der Waals surface area contributed by atoms with E-state index in [9.17, 15) is 4.39 Å². The molecular formula is C16H14BrClFN. The van der Waals surface area contributed by atoms with Crippen molar-refractivity contribution in [1.29, 1.82) is 0 Å². The summed E-state index contributed by atoms with van der Waals surface area (Å²) in [6.45, 7) is 0. The summed E-state index contributed by atoms with van der Waals surface area (Å²) in [4.78, 5) is 0. The highest BCUT2D eigenvalue weighted by Gasteiger charge is 2.30. The first-order valence-corrected chi connectivity index (χ1v) is 7.76. The minimum absolute atomic E-state index is 0.156. The third-order valence-electron chi connectivity index (χ3n) is 3.77. The molecule has 1 nitrogen and oxygen atoms in total. The number of hydrogen-bond donors (Lipinski definition) is 1. The standard InChI is InChI=1S/C16H14BrClFN/c17-16-14(18)5-2-6-15(16)20-13-8-11(9-13)10-3-1-4-12(19)7-10/h1-7,11,13,20H,8-9H2. The predicted molar refractivity (Wildman–Crippen MR) is 84.9 cm³/mol. The van der Waals surface area contributed by atoms with E-state index >= 15 is 0 Å². The minimum Gasteiger partial charge on any atom is -0.381 e. The molecule has 1 fully saturated rings. The molecule has 1 saturated carbocycles. The van der Waals surface area contributed by atoms with E-state index in [-0.39, 0.29) is 5.82 Å². The highest BCUT2D eigenvalue weighted by atomic mass is 79.9. The van der Waals surface area contributed by atoms with Crippen LogP contribution in [0.3, 0.4) is 0 Å². The maximum atomic E-state index is 13.2. The fraction of sp³-hybridized carbons (Fsp3) is 0.250. The van der Waals surface area contributed by atoms with E-state index < -0.39 is 0 Å². The summed E-state index contributed by atoms with van der Waals surface area (Å²) in [5.74, 6) is 0.289. The van der Waals surface area contributed by atoms with Gasteiger partial charge in [-0.1, -0.05) is 29.8 Å². The molecule has 20 heavy (non-hydrogen) atoms. The molecule has 0 bridgehead atoms. The lowest BCUT2D eigenvalue weighted by molar-refractivity contribution is 0.373.